The normalized spacial score (nSPS) is 11.7. The second kappa shape index (κ2) is 10.1. The highest BCUT2D eigenvalue weighted by atomic mass is 16.5. The van der Waals surface area contributed by atoms with E-state index in [0.29, 0.717) is 34.1 Å². The van der Waals surface area contributed by atoms with E-state index in [1.807, 2.05) is 0 Å². The van der Waals surface area contributed by atoms with Crippen LogP contribution in [-0.2, 0) is 9.59 Å². The number of azo groups is 1. The maximum atomic E-state index is 12.4. The molecule has 0 fully saturated rings. The highest BCUT2D eigenvalue weighted by Gasteiger charge is 2.04. The second-order valence-corrected chi connectivity index (χ2v) is 6.69. The van der Waals surface area contributed by atoms with Gasteiger partial charge < -0.3 is 15.8 Å². The molecule has 9 heteroatoms. The minimum Gasteiger partial charge on any atom is -0.603 e. The maximum Gasteiger partial charge on any atom is 0.221 e. The van der Waals surface area contributed by atoms with Crippen LogP contribution in [0.2, 0.25) is 0 Å². The van der Waals surface area contributed by atoms with Gasteiger partial charge in [-0.15, -0.1) is 0 Å². The Bertz CT molecular complexity index is 1060. The molecule has 0 heterocycles. The zero-order chi connectivity index (χ0) is 22.2. The first-order valence-electron chi connectivity index (χ1n) is 9.47. The minimum absolute atomic E-state index is 0.138. The van der Waals surface area contributed by atoms with Gasteiger partial charge in [0.2, 0.25) is 11.8 Å². The molecule has 3 aromatic rings. The monoisotopic (exact) mass is 418 g/mol. The number of hydrogen-bond donors (Lipinski definition) is 4. The molecule has 0 aliphatic heterocycles. The largest absolute Gasteiger partial charge is 0.603 e. The molecule has 31 heavy (non-hydrogen) atoms. The minimum atomic E-state index is -0.260. The molecule has 2 amide bonds. The molecule has 9 nitrogen and oxygen atoms in total. The van der Waals surface area contributed by atoms with Crippen LogP contribution in [0.1, 0.15) is 13.8 Å². The summed E-state index contributed by atoms with van der Waals surface area (Å²) in [6.45, 7) is 2.88. The highest BCUT2D eigenvalue weighted by Crippen LogP contribution is 2.21. The van der Waals surface area contributed by atoms with E-state index >= 15 is 0 Å². The van der Waals surface area contributed by atoms with Gasteiger partial charge in [0, 0.05) is 37.4 Å². The number of carbonyl (C=O) groups excluding carboxylic acids is 2. The fourth-order valence-corrected chi connectivity index (χ4v) is 2.65. The molecule has 4 N–H and O–H groups in total. The Balaban J connectivity index is 1.58. The van der Waals surface area contributed by atoms with E-state index in [1.165, 1.54) is 13.8 Å². The first-order valence-corrected chi connectivity index (χ1v) is 9.47. The topological polar surface area (TPSA) is 122 Å². The van der Waals surface area contributed by atoms with Crippen LogP contribution in [0.4, 0.5) is 34.1 Å². The first-order chi connectivity index (χ1) is 14.9. The van der Waals surface area contributed by atoms with Gasteiger partial charge in [-0.3, -0.25) is 9.59 Å². The van der Waals surface area contributed by atoms with Crippen molar-refractivity contribution in [1.82, 2.24) is 0 Å². The summed E-state index contributed by atoms with van der Waals surface area (Å²) in [5, 5.41) is 25.8. The van der Waals surface area contributed by atoms with E-state index in [1.54, 1.807) is 72.8 Å². The molecule has 0 aromatic heterocycles. The number of carbonyl (C=O) groups is 2. The molecule has 0 saturated carbocycles. The Labute approximate surface area is 179 Å². The summed E-state index contributed by atoms with van der Waals surface area (Å²) >= 11 is 0. The Kier molecular flexibility index (Phi) is 7.05. The van der Waals surface area contributed by atoms with Crippen molar-refractivity contribution in [1.29, 1.82) is 0 Å². The van der Waals surface area contributed by atoms with Gasteiger partial charge in [-0.1, -0.05) is 0 Å². The van der Waals surface area contributed by atoms with Crippen molar-refractivity contribution in [3.8, 4) is 0 Å². The Morgan fingerprint density at radius 2 is 1.06 bits per heavy atom. The van der Waals surface area contributed by atoms with Crippen molar-refractivity contribution in [3.63, 3.8) is 0 Å². The van der Waals surface area contributed by atoms with E-state index < -0.39 is 0 Å². The van der Waals surface area contributed by atoms with Gasteiger partial charge in [0.25, 0.3) is 0 Å². The van der Waals surface area contributed by atoms with Crippen molar-refractivity contribution in [2.24, 2.45) is 10.2 Å². The molecule has 0 saturated heterocycles. The third-order valence-electron chi connectivity index (χ3n) is 4.06. The summed E-state index contributed by atoms with van der Waals surface area (Å²) in [5.74, 6) is -0.295. The number of benzene rings is 3. The summed E-state index contributed by atoms with van der Waals surface area (Å²) in [6.07, 6.45) is 0. The number of rotatable bonds is 7. The number of hydrogen-bond acceptors (Lipinski definition) is 6. The van der Waals surface area contributed by atoms with Crippen LogP contribution in [0.25, 0.3) is 0 Å². The zero-order valence-corrected chi connectivity index (χ0v) is 17.0. The molecule has 0 aliphatic rings. The lowest BCUT2D eigenvalue weighted by Crippen LogP contribution is -3.05. The summed E-state index contributed by atoms with van der Waals surface area (Å²) in [5.41, 5.74) is 6.47. The highest BCUT2D eigenvalue weighted by molar-refractivity contribution is 5.89. The Hall–Kier alpha value is -4.08. The number of anilines is 3. The van der Waals surface area contributed by atoms with Gasteiger partial charge in [0.05, 0.1) is 17.1 Å². The quantitative estimate of drug-likeness (QED) is 0.341. The van der Waals surface area contributed by atoms with Gasteiger partial charge in [0.15, 0.2) is 5.69 Å². The molecule has 0 aliphatic carbocycles. The molecule has 1 unspecified atom stereocenters. The molecule has 3 aromatic carbocycles. The summed E-state index contributed by atoms with van der Waals surface area (Å²) in [4.78, 5) is 22.1. The van der Waals surface area contributed by atoms with Crippen LogP contribution in [0, 0.1) is 5.21 Å². The number of amides is 2. The lowest BCUT2D eigenvalue weighted by Gasteiger charge is -2.22. The van der Waals surface area contributed by atoms with Crippen LogP contribution in [0.15, 0.2) is 83.0 Å². The molecule has 0 bridgehead atoms. The third-order valence-corrected chi connectivity index (χ3v) is 4.06. The average Bonchev–Trinajstić information content (AvgIpc) is 2.74. The van der Waals surface area contributed by atoms with Crippen molar-refractivity contribution < 1.29 is 14.8 Å². The van der Waals surface area contributed by atoms with Crippen molar-refractivity contribution in [3.05, 3.63) is 78.0 Å². The molecule has 158 valence electrons. The van der Waals surface area contributed by atoms with Gasteiger partial charge in [-0.2, -0.15) is 10.2 Å². The van der Waals surface area contributed by atoms with E-state index in [9.17, 15) is 14.8 Å². The van der Waals surface area contributed by atoms with E-state index in [0.717, 1.165) is 0 Å². The van der Waals surface area contributed by atoms with Crippen molar-refractivity contribution >= 4 is 45.9 Å². The van der Waals surface area contributed by atoms with E-state index in [-0.39, 0.29) is 17.0 Å². The number of nitrogens with zero attached hydrogens (tertiary/aromatic N) is 2. The predicted octanol–water partition coefficient (Wildman–Crippen LogP) is 4.06. The zero-order valence-electron chi connectivity index (χ0n) is 17.0. The second-order valence-electron chi connectivity index (χ2n) is 6.69. The van der Waals surface area contributed by atoms with Gasteiger partial charge in [-0.25, -0.2) is 10.6 Å². The molecule has 0 spiro atoms. The van der Waals surface area contributed by atoms with Crippen molar-refractivity contribution in [2.45, 2.75) is 13.8 Å². The smallest absolute Gasteiger partial charge is 0.221 e. The molecule has 1 atom stereocenters. The number of nitrogens with one attached hydrogen (secondary N) is 4. The van der Waals surface area contributed by atoms with E-state index in [2.05, 4.69) is 26.3 Å². The van der Waals surface area contributed by atoms with E-state index in [4.69, 9.17) is 0 Å². The molecule has 0 radical (unpaired) electrons. The van der Waals surface area contributed by atoms with Gasteiger partial charge in [0.1, 0.15) is 0 Å². The van der Waals surface area contributed by atoms with Crippen molar-refractivity contribution in [2.75, 3.05) is 16.1 Å². The molecular formula is C22H22N6O3. The summed E-state index contributed by atoms with van der Waals surface area (Å²) in [6, 6.07) is 20.5. The van der Waals surface area contributed by atoms with Crippen LogP contribution in [0.3, 0.4) is 0 Å². The summed E-state index contributed by atoms with van der Waals surface area (Å²) in [7, 11) is 0. The molecule has 3 rings (SSSR count). The lowest BCUT2D eigenvalue weighted by atomic mass is 10.2. The SMILES string of the molecule is CC(=O)Nc1ccc(N=Nc2ccc([NH+]([O-])Nc3ccc(NC(C)=O)cc3)cc2)cc1. The Morgan fingerprint density at radius 1 is 0.677 bits per heavy atom. The lowest BCUT2D eigenvalue weighted by molar-refractivity contribution is -0.749. The van der Waals surface area contributed by atoms with Crippen LogP contribution >= 0.6 is 0 Å². The fraction of sp³-hybridized carbons (Fsp3) is 0.0909. The van der Waals surface area contributed by atoms with Gasteiger partial charge in [-0.05, 0) is 60.7 Å². The predicted molar refractivity (Wildman–Crippen MR) is 120 cm³/mol. The Morgan fingerprint density at radius 3 is 1.52 bits per heavy atom. The number of quaternary nitrogens is 1. The van der Waals surface area contributed by atoms with Crippen LogP contribution in [-0.4, -0.2) is 11.8 Å². The third kappa shape index (κ3) is 6.74. The summed E-state index contributed by atoms with van der Waals surface area (Å²) < 4.78 is 0. The standard InChI is InChI=1S/C22H22N6O3/c1-15(29)23-17-3-7-19(8-4-17)25-26-20-11-13-22(14-12-20)28(31)27-21-9-5-18(6-10-21)24-16(2)30/h3-14,27-28H,1-2H3,(H,23,29)(H,24,30). The van der Waals surface area contributed by atoms with Crippen LogP contribution < -0.4 is 21.2 Å². The first kappa shape index (κ1) is 21.6. The maximum absolute atomic E-state index is 12.4. The van der Waals surface area contributed by atoms with Gasteiger partial charge >= 0.3 is 0 Å². The fourth-order valence-electron chi connectivity index (χ4n) is 2.65. The average molecular weight is 418 g/mol. The molecular weight excluding hydrogens is 396 g/mol. The van der Waals surface area contributed by atoms with Crippen LogP contribution in [0.5, 0.6) is 0 Å².